The van der Waals surface area contributed by atoms with Crippen LogP contribution in [0.1, 0.15) is 37.7 Å². The minimum Gasteiger partial charge on any atom is -0.348 e. The van der Waals surface area contributed by atoms with Gasteiger partial charge in [0.1, 0.15) is 0 Å². The molecule has 4 rings (SSSR count). The summed E-state index contributed by atoms with van der Waals surface area (Å²) in [5.74, 6) is 0. The van der Waals surface area contributed by atoms with Crippen molar-refractivity contribution in [2.45, 2.75) is 44.3 Å². The zero-order chi connectivity index (χ0) is 17.4. The normalized spacial score (nSPS) is 21.2. The van der Waals surface area contributed by atoms with Crippen molar-refractivity contribution in [2.75, 3.05) is 31.1 Å². The number of piperidine rings is 2. The molecule has 0 unspecified atom stereocenters. The molecule has 2 aromatic heterocycles. The Kier molecular flexibility index (Phi) is 4.58. The number of fused-ring (bicyclic) bond motifs is 1. The Hall–Kier alpha value is -1.41. The van der Waals surface area contributed by atoms with E-state index in [-0.39, 0.29) is 0 Å². The second kappa shape index (κ2) is 6.72. The number of alkyl halides is 3. The van der Waals surface area contributed by atoms with Gasteiger partial charge in [-0.05, 0) is 44.8 Å². The third-order valence-corrected chi connectivity index (χ3v) is 6.26. The quantitative estimate of drug-likeness (QED) is 0.794. The van der Waals surface area contributed by atoms with Gasteiger partial charge in [-0.2, -0.15) is 18.2 Å². The van der Waals surface area contributed by atoms with Crippen molar-refractivity contribution in [2.24, 2.45) is 0 Å². The summed E-state index contributed by atoms with van der Waals surface area (Å²) in [5, 5.41) is 0.791. The molecule has 0 saturated carbocycles. The van der Waals surface area contributed by atoms with E-state index in [0.717, 1.165) is 43.3 Å². The van der Waals surface area contributed by atoms with Crippen LogP contribution in [0.15, 0.2) is 12.3 Å². The van der Waals surface area contributed by atoms with E-state index in [0.29, 0.717) is 16.4 Å². The fourth-order valence-corrected chi connectivity index (χ4v) is 4.82. The Morgan fingerprint density at radius 3 is 2.44 bits per heavy atom. The Balaban J connectivity index is 1.45. The first-order valence-electron chi connectivity index (χ1n) is 8.83. The van der Waals surface area contributed by atoms with Gasteiger partial charge in [0.15, 0.2) is 10.8 Å². The molecule has 2 saturated heterocycles. The van der Waals surface area contributed by atoms with Gasteiger partial charge in [-0.1, -0.05) is 17.8 Å². The monoisotopic (exact) mass is 370 g/mol. The van der Waals surface area contributed by atoms with E-state index in [2.05, 4.69) is 19.8 Å². The third-order valence-electron chi connectivity index (χ3n) is 5.21. The van der Waals surface area contributed by atoms with Crippen LogP contribution in [0.25, 0.3) is 10.3 Å². The van der Waals surface area contributed by atoms with Gasteiger partial charge in [-0.25, -0.2) is 4.98 Å². The van der Waals surface area contributed by atoms with E-state index in [1.54, 1.807) is 0 Å². The van der Waals surface area contributed by atoms with E-state index in [1.807, 2.05) is 0 Å². The summed E-state index contributed by atoms with van der Waals surface area (Å²) in [7, 11) is 0. The molecule has 0 bridgehead atoms. The number of thiazole rings is 1. The predicted octanol–water partition coefficient (Wildman–Crippen LogP) is 4.16. The van der Waals surface area contributed by atoms with Gasteiger partial charge in [0, 0.05) is 25.3 Å². The highest BCUT2D eigenvalue weighted by molar-refractivity contribution is 7.22. The summed E-state index contributed by atoms with van der Waals surface area (Å²) in [5.41, 5.74) is -0.301. The van der Waals surface area contributed by atoms with Crippen LogP contribution in [0.2, 0.25) is 0 Å². The summed E-state index contributed by atoms with van der Waals surface area (Å²) < 4.78 is 39.0. The lowest BCUT2D eigenvalue weighted by Crippen LogP contribution is -2.46. The summed E-state index contributed by atoms with van der Waals surface area (Å²) in [4.78, 5) is 13.1. The zero-order valence-corrected chi connectivity index (χ0v) is 14.7. The molecule has 2 aliphatic rings. The van der Waals surface area contributed by atoms with Gasteiger partial charge in [0.2, 0.25) is 0 Å². The van der Waals surface area contributed by atoms with Crippen LogP contribution in [0.5, 0.6) is 0 Å². The van der Waals surface area contributed by atoms with Gasteiger partial charge in [0.25, 0.3) is 0 Å². The van der Waals surface area contributed by atoms with Crippen molar-refractivity contribution in [3.05, 3.63) is 17.8 Å². The molecule has 2 aromatic rings. The molecule has 0 atom stereocenters. The van der Waals surface area contributed by atoms with Crippen LogP contribution >= 0.6 is 11.3 Å². The maximum Gasteiger partial charge on any atom is 0.417 e. The van der Waals surface area contributed by atoms with Crippen molar-refractivity contribution < 1.29 is 13.2 Å². The maximum absolute atomic E-state index is 12.8. The van der Waals surface area contributed by atoms with E-state index >= 15 is 0 Å². The van der Waals surface area contributed by atoms with Gasteiger partial charge in [-0.3, -0.25) is 0 Å². The highest BCUT2D eigenvalue weighted by atomic mass is 32.1. The average molecular weight is 370 g/mol. The number of hydrogen-bond acceptors (Lipinski definition) is 5. The molecule has 25 heavy (non-hydrogen) atoms. The summed E-state index contributed by atoms with van der Waals surface area (Å²) >= 11 is 1.31. The molecule has 0 amide bonds. The van der Waals surface area contributed by atoms with E-state index < -0.39 is 11.7 Å². The molecule has 0 radical (unpaired) electrons. The number of rotatable bonds is 2. The first-order valence-corrected chi connectivity index (χ1v) is 9.65. The maximum atomic E-state index is 12.8. The van der Waals surface area contributed by atoms with Crippen LogP contribution in [0.4, 0.5) is 18.3 Å². The molecule has 4 heterocycles. The lowest BCUT2D eigenvalue weighted by atomic mass is 10.0. The lowest BCUT2D eigenvalue weighted by Gasteiger charge is -2.40. The SMILES string of the molecule is FC(F)(F)c1cnc2nc(N3CCC(N4CCCCC4)CC3)sc2c1. The number of nitrogens with zero attached hydrogens (tertiary/aromatic N) is 4. The molecule has 2 aliphatic heterocycles. The third kappa shape index (κ3) is 3.60. The van der Waals surface area contributed by atoms with Crippen LogP contribution < -0.4 is 4.90 Å². The molecule has 8 heteroatoms. The molecular weight excluding hydrogens is 349 g/mol. The largest absolute Gasteiger partial charge is 0.417 e. The Morgan fingerprint density at radius 2 is 1.76 bits per heavy atom. The standard InChI is InChI=1S/C17H21F3N4S/c18-17(19,20)12-10-14-15(21-11-12)22-16(25-14)24-8-4-13(5-9-24)23-6-2-1-3-7-23/h10-11,13H,1-9H2. The number of hydrogen-bond donors (Lipinski definition) is 0. The second-order valence-electron chi connectivity index (χ2n) is 6.85. The first kappa shape index (κ1) is 17.0. The highest BCUT2D eigenvalue weighted by Crippen LogP contribution is 2.35. The topological polar surface area (TPSA) is 32.3 Å². The van der Waals surface area contributed by atoms with E-state index in [1.165, 1.54) is 43.7 Å². The molecule has 4 nitrogen and oxygen atoms in total. The minimum absolute atomic E-state index is 0.408. The molecular formula is C17H21F3N4S. The van der Waals surface area contributed by atoms with Crippen molar-refractivity contribution in [3.63, 3.8) is 0 Å². The summed E-state index contributed by atoms with van der Waals surface area (Å²) in [6.45, 7) is 4.23. The van der Waals surface area contributed by atoms with Crippen molar-refractivity contribution in [1.29, 1.82) is 0 Å². The van der Waals surface area contributed by atoms with E-state index in [4.69, 9.17) is 0 Å². The number of pyridine rings is 1. The van der Waals surface area contributed by atoms with Gasteiger partial charge >= 0.3 is 6.18 Å². The van der Waals surface area contributed by atoms with Crippen molar-refractivity contribution >= 4 is 26.8 Å². The molecule has 0 aliphatic carbocycles. The van der Waals surface area contributed by atoms with Gasteiger partial charge in [-0.15, -0.1) is 0 Å². The Morgan fingerprint density at radius 1 is 1.04 bits per heavy atom. The number of likely N-dealkylation sites (tertiary alicyclic amines) is 1. The molecule has 2 fully saturated rings. The van der Waals surface area contributed by atoms with Gasteiger partial charge in [0.05, 0.1) is 10.3 Å². The van der Waals surface area contributed by atoms with E-state index in [9.17, 15) is 13.2 Å². The minimum atomic E-state index is -4.36. The average Bonchev–Trinajstić information content (AvgIpc) is 3.05. The molecule has 0 N–H and O–H groups in total. The highest BCUT2D eigenvalue weighted by Gasteiger charge is 2.32. The van der Waals surface area contributed by atoms with Crippen molar-refractivity contribution in [1.82, 2.24) is 14.9 Å². The fourth-order valence-electron chi connectivity index (χ4n) is 3.80. The number of anilines is 1. The first-order chi connectivity index (χ1) is 12.0. The smallest absolute Gasteiger partial charge is 0.348 e. The number of aromatic nitrogens is 2. The van der Waals surface area contributed by atoms with Crippen LogP contribution in [0.3, 0.4) is 0 Å². The van der Waals surface area contributed by atoms with Gasteiger partial charge < -0.3 is 9.80 Å². The summed E-state index contributed by atoms with van der Waals surface area (Å²) in [6.07, 6.45) is 2.63. The Bertz CT molecular complexity index is 731. The fraction of sp³-hybridized carbons (Fsp3) is 0.647. The van der Waals surface area contributed by atoms with Crippen molar-refractivity contribution in [3.8, 4) is 0 Å². The molecule has 0 aromatic carbocycles. The second-order valence-corrected chi connectivity index (χ2v) is 7.86. The summed E-state index contributed by atoms with van der Waals surface area (Å²) in [6, 6.07) is 1.80. The predicted molar refractivity (Wildman–Crippen MR) is 93.1 cm³/mol. The zero-order valence-electron chi connectivity index (χ0n) is 13.9. The van der Waals surface area contributed by atoms with Crippen LogP contribution in [0, 0.1) is 0 Å². The van der Waals surface area contributed by atoms with Crippen LogP contribution in [-0.4, -0.2) is 47.1 Å². The number of halogens is 3. The van der Waals surface area contributed by atoms with Crippen LogP contribution in [-0.2, 0) is 6.18 Å². The molecule has 136 valence electrons. The molecule has 0 spiro atoms. The lowest BCUT2D eigenvalue weighted by molar-refractivity contribution is -0.137. The Labute approximate surface area is 148 Å².